The summed E-state index contributed by atoms with van der Waals surface area (Å²) in [5.74, 6) is 0.506. The lowest BCUT2D eigenvalue weighted by molar-refractivity contribution is -0.117. The van der Waals surface area contributed by atoms with Crippen LogP contribution in [0.4, 0.5) is 5.82 Å². The predicted octanol–water partition coefficient (Wildman–Crippen LogP) is -0.265. The van der Waals surface area contributed by atoms with E-state index in [0.717, 1.165) is 5.69 Å². The van der Waals surface area contributed by atoms with Gasteiger partial charge in [0, 0.05) is 30.6 Å². The number of amides is 1. The van der Waals surface area contributed by atoms with Gasteiger partial charge in [-0.2, -0.15) is 0 Å². The quantitative estimate of drug-likeness (QED) is 0.822. The van der Waals surface area contributed by atoms with Crippen molar-refractivity contribution in [2.75, 3.05) is 17.2 Å². The smallest absolute Gasteiger partial charge is 0.228 e. The van der Waals surface area contributed by atoms with Crippen LogP contribution in [0.1, 0.15) is 17.9 Å². The van der Waals surface area contributed by atoms with Gasteiger partial charge in [0.25, 0.3) is 0 Å². The minimum absolute atomic E-state index is 0.133. The van der Waals surface area contributed by atoms with E-state index in [2.05, 4.69) is 9.97 Å². The van der Waals surface area contributed by atoms with Crippen LogP contribution in [0.2, 0.25) is 0 Å². The molecule has 1 atom stereocenters. The van der Waals surface area contributed by atoms with Gasteiger partial charge in [-0.05, 0) is 13.8 Å². The summed E-state index contributed by atoms with van der Waals surface area (Å²) in [7, 11) is -3.56. The second-order valence-electron chi connectivity index (χ2n) is 4.82. The van der Waals surface area contributed by atoms with E-state index in [4.69, 9.17) is 5.14 Å². The molecular formula is C11H16N4O3S. The Bertz CT molecular complexity index is 594. The van der Waals surface area contributed by atoms with Crippen molar-refractivity contribution in [2.45, 2.75) is 20.3 Å². The van der Waals surface area contributed by atoms with Crippen molar-refractivity contribution in [2.24, 2.45) is 11.1 Å². The molecule has 2 rings (SSSR count). The van der Waals surface area contributed by atoms with E-state index in [9.17, 15) is 13.2 Å². The minimum atomic E-state index is -3.56. The first kappa shape index (κ1) is 13.9. The maximum Gasteiger partial charge on any atom is 0.228 e. The summed E-state index contributed by atoms with van der Waals surface area (Å²) in [6.07, 6.45) is 0.179. The average molecular weight is 284 g/mol. The molecule has 1 aliphatic rings. The number of nitrogens with two attached hydrogens (primary N) is 1. The fourth-order valence-electron chi connectivity index (χ4n) is 2.28. The number of hydrogen-bond acceptors (Lipinski definition) is 5. The fourth-order valence-corrected chi connectivity index (χ4v) is 3.16. The van der Waals surface area contributed by atoms with Crippen LogP contribution in [-0.4, -0.2) is 36.6 Å². The van der Waals surface area contributed by atoms with Crippen molar-refractivity contribution in [3.05, 3.63) is 17.6 Å². The second kappa shape index (κ2) is 4.86. The predicted molar refractivity (Wildman–Crippen MR) is 69.9 cm³/mol. The Morgan fingerprint density at radius 2 is 2.11 bits per heavy atom. The molecule has 7 nitrogen and oxygen atoms in total. The summed E-state index contributed by atoms with van der Waals surface area (Å²) in [6.45, 7) is 3.89. The van der Waals surface area contributed by atoms with Crippen LogP contribution in [-0.2, 0) is 14.8 Å². The third kappa shape index (κ3) is 3.48. The Hall–Kier alpha value is -1.54. The summed E-state index contributed by atoms with van der Waals surface area (Å²) in [5, 5.41) is 5.01. The van der Waals surface area contributed by atoms with Gasteiger partial charge < -0.3 is 0 Å². The van der Waals surface area contributed by atoms with Gasteiger partial charge in [0.1, 0.15) is 11.6 Å². The SMILES string of the molecule is Cc1cc(N2CC(CS(N)(=O)=O)CC2=O)nc(C)n1. The number of aryl methyl sites for hydroxylation is 2. The van der Waals surface area contributed by atoms with Gasteiger partial charge in [-0.15, -0.1) is 0 Å². The van der Waals surface area contributed by atoms with Crippen LogP contribution < -0.4 is 10.0 Å². The van der Waals surface area contributed by atoms with Gasteiger partial charge in [0.05, 0.1) is 5.75 Å². The highest BCUT2D eigenvalue weighted by Gasteiger charge is 2.33. The molecular weight excluding hydrogens is 268 g/mol. The van der Waals surface area contributed by atoms with Gasteiger partial charge in [0.2, 0.25) is 15.9 Å². The van der Waals surface area contributed by atoms with E-state index >= 15 is 0 Å². The fraction of sp³-hybridized carbons (Fsp3) is 0.545. The molecule has 1 amide bonds. The van der Waals surface area contributed by atoms with E-state index in [-0.39, 0.29) is 24.0 Å². The number of aromatic nitrogens is 2. The number of hydrogen-bond donors (Lipinski definition) is 1. The zero-order valence-electron chi connectivity index (χ0n) is 10.8. The monoisotopic (exact) mass is 284 g/mol. The number of sulfonamides is 1. The molecule has 0 saturated carbocycles. The van der Waals surface area contributed by atoms with Gasteiger partial charge in [-0.25, -0.2) is 23.5 Å². The van der Waals surface area contributed by atoms with E-state index in [1.54, 1.807) is 13.0 Å². The molecule has 1 saturated heterocycles. The van der Waals surface area contributed by atoms with Crippen LogP contribution in [0.15, 0.2) is 6.07 Å². The molecule has 1 aromatic rings. The lowest BCUT2D eigenvalue weighted by atomic mass is 10.1. The molecule has 1 aromatic heterocycles. The molecule has 19 heavy (non-hydrogen) atoms. The standard InChI is InChI=1S/C11H16N4O3S/c1-7-3-10(14-8(2)13-7)15-5-9(4-11(15)16)6-19(12,17)18/h3,9H,4-6H2,1-2H3,(H2,12,17,18). The summed E-state index contributed by atoms with van der Waals surface area (Å²) < 4.78 is 22.1. The molecule has 2 heterocycles. The Balaban J connectivity index is 2.20. The summed E-state index contributed by atoms with van der Waals surface area (Å²) >= 11 is 0. The van der Waals surface area contributed by atoms with Crippen molar-refractivity contribution in [3.8, 4) is 0 Å². The molecule has 1 aliphatic heterocycles. The largest absolute Gasteiger partial charge is 0.296 e. The van der Waals surface area contributed by atoms with E-state index in [1.165, 1.54) is 4.90 Å². The van der Waals surface area contributed by atoms with E-state index < -0.39 is 10.0 Å². The highest BCUT2D eigenvalue weighted by atomic mass is 32.2. The van der Waals surface area contributed by atoms with Crippen molar-refractivity contribution in [1.82, 2.24) is 9.97 Å². The van der Waals surface area contributed by atoms with Crippen LogP contribution >= 0.6 is 0 Å². The van der Waals surface area contributed by atoms with Gasteiger partial charge in [-0.1, -0.05) is 0 Å². The molecule has 0 spiro atoms. The molecule has 104 valence electrons. The third-order valence-corrected chi connectivity index (χ3v) is 3.84. The van der Waals surface area contributed by atoms with Crippen LogP contribution in [0, 0.1) is 19.8 Å². The normalized spacial score (nSPS) is 20.1. The number of primary sulfonamides is 1. The summed E-state index contributed by atoms with van der Waals surface area (Å²) in [4.78, 5) is 21.8. The Morgan fingerprint density at radius 1 is 1.42 bits per heavy atom. The number of rotatable bonds is 3. The number of carbonyl (C=O) groups excluding carboxylic acids is 1. The molecule has 2 N–H and O–H groups in total. The third-order valence-electron chi connectivity index (χ3n) is 2.90. The maximum atomic E-state index is 11.9. The van der Waals surface area contributed by atoms with Crippen molar-refractivity contribution in [1.29, 1.82) is 0 Å². The topological polar surface area (TPSA) is 106 Å². The zero-order chi connectivity index (χ0) is 14.2. The summed E-state index contributed by atoms with van der Waals surface area (Å²) in [5.41, 5.74) is 0.769. The zero-order valence-corrected chi connectivity index (χ0v) is 11.6. The van der Waals surface area contributed by atoms with Crippen molar-refractivity contribution >= 4 is 21.7 Å². The molecule has 0 radical (unpaired) electrons. The Kier molecular flexibility index (Phi) is 3.55. The first-order chi connectivity index (χ1) is 8.74. The number of anilines is 1. The highest BCUT2D eigenvalue weighted by molar-refractivity contribution is 7.89. The summed E-state index contributed by atoms with van der Waals surface area (Å²) in [6, 6.07) is 1.71. The molecule has 1 fully saturated rings. The van der Waals surface area contributed by atoms with Gasteiger partial charge >= 0.3 is 0 Å². The van der Waals surface area contributed by atoms with E-state index in [0.29, 0.717) is 18.2 Å². The van der Waals surface area contributed by atoms with Crippen molar-refractivity contribution in [3.63, 3.8) is 0 Å². The van der Waals surface area contributed by atoms with Crippen LogP contribution in [0.3, 0.4) is 0 Å². The van der Waals surface area contributed by atoms with Gasteiger partial charge in [-0.3, -0.25) is 9.69 Å². The Labute approximate surface area is 111 Å². The first-order valence-electron chi connectivity index (χ1n) is 5.88. The molecule has 0 aromatic carbocycles. The molecule has 1 unspecified atom stereocenters. The highest BCUT2D eigenvalue weighted by Crippen LogP contribution is 2.24. The number of nitrogens with zero attached hydrogens (tertiary/aromatic N) is 3. The van der Waals surface area contributed by atoms with Crippen LogP contribution in [0.5, 0.6) is 0 Å². The number of carbonyl (C=O) groups is 1. The lowest BCUT2D eigenvalue weighted by Crippen LogP contribution is -2.28. The van der Waals surface area contributed by atoms with E-state index in [1.807, 2.05) is 6.92 Å². The average Bonchev–Trinajstić information content (AvgIpc) is 2.54. The molecule has 8 heteroatoms. The Morgan fingerprint density at radius 3 is 2.68 bits per heavy atom. The lowest BCUT2D eigenvalue weighted by Gasteiger charge is -2.16. The first-order valence-corrected chi connectivity index (χ1v) is 7.59. The maximum absolute atomic E-state index is 11.9. The van der Waals surface area contributed by atoms with Crippen molar-refractivity contribution < 1.29 is 13.2 Å². The molecule has 0 aliphatic carbocycles. The minimum Gasteiger partial charge on any atom is -0.296 e. The molecule has 0 bridgehead atoms. The van der Waals surface area contributed by atoms with Crippen LogP contribution in [0.25, 0.3) is 0 Å². The van der Waals surface area contributed by atoms with Gasteiger partial charge in [0.15, 0.2) is 0 Å². The second-order valence-corrected chi connectivity index (χ2v) is 6.48.